The molecule has 1 aliphatic heterocycles. The van der Waals surface area contributed by atoms with Crippen LogP contribution in [0.15, 0.2) is 54.6 Å². The fourth-order valence-electron chi connectivity index (χ4n) is 3.12. The van der Waals surface area contributed by atoms with Crippen LogP contribution in [0.5, 0.6) is 11.5 Å². The zero-order valence-electron chi connectivity index (χ0n) is 14.1. The quantitative estimate of drug-likeness (QED) is 0.547. The normalized spacial score (nSPS) is 12.3. The molecule has 5 rings (SSSR count). The van der Waals surface area contributed by atoms with E-state index in [9.17, 15) is 0 Å². The number of nitrogen functional groups attached to an aromatic ring is 1. The average molecular weight is 371 g/mol. The third kappa shape index (κ3) is 2.57. The van der Waals surface area contributed by atoms with Gasteiger partial charge in [-0.15, -0.1) is 11.3 Å². The summed E-state index contributed by atoms with van der Waals surface area (Å²) < 4.78 is 10.8. The Balaban J connectivity index is 1.59. The van der Waals surface area contributed by atoms with Crippen LogP contribution in [-0.2, 0) is 0 Å². The largest absolute Gasteiger partial charge is 0.454 e. The summed E-state index contributed by atoms with van der Waals surface area (Å²) in [7, 11) is 0. The lowest BCUT2D eigenvalue weighted by Crippen LogP contribution is -1.92. The molecule has 130 valence electrons. The maximum Gasteiger partial charge on any atom is 0.231 e. The van der Waals surface area contributed by atoms with Crippen molar-refractivity contribution < 1.29 is 9.47 Å². The van der Waals surface area contributed by atoms with Crippen LogP contribution in [-0.4, -0.2) is 11.8 Å². The Bertz CT molecular complexity index is 1220. The molecule has 2 aromatic heterocycles. The van der Waals surface area contributed by atoms with Crippen LogP contribution in [0.25, 0.3) is 31.9 Å². The van der Waals surface area contributed by atoms with Crippen LogP contribution < -0.4 is 15.2 Å². The fourth-order valence-corrected chi connectivity index (χ4v) is 4.22. The van der Waals surface area contributed by atoms with E-state index in [2.05, 4.69) is 6.07 Å². The molecule has 0 saturated carbocycles. The highest BCUT2D eigenvalue weighted by atomic mass is 32.1. The van der Waals surface area contributed by atoms with Gasteiger partial charge in [-0.25, -0.2) is 4.98 Å². The molecule has 0 amide bonds. The predicted molar refractivity (Wildman–Crippen MR) is 106 cm³/mol. The summed E-state index contributed by atoms with van der Waals surface area (Å²) in [6.45, 7) is 0.251. The molecule has 4 aromatic rings. The number of thiophene rings is 1. The smallest absolute Gasteiger partial charge is 0.231 e. The molecule has 0 aliphatic carbocycles. The highest BCUT2D eigenvalue weighted by Gasteiger charge is 2.16. The summed E-state index contributed by atoms with van der Waals surface area (Å²) in [5.41, 5.74) is 10.5. The summed E-state index contributed by atoms with van der Waals surface area (Å²) in [5.74, 6) is 1.49. The van der Waals surface area contributed by atoms with Crippen molar-refractivity contribution in [3.63, 3.8) is 0 Å². The maximum atomic E-state index is 8.97. The number of aromatic nitrogens is 1. The summed E-state index contributed by atoms with van der Waals surface area (Å²) in [6, 6.07) is 19.3. The van der Waals surface area contributed by atoms with Gasteiger partial charge in [-0.3, -0.25) is 0 Å². The SMILES string of the molecule is N#Cc1ccc(-c2sc3nc(-c4ccc5c(c4)OCO5)ccc3c2N)cc1. The minimum absolute atomic E-state index is 0.251. The number of nitrogens with two attached hydrogens (primary N) is 1. The number of hydrogen-bond acceptors (Lipinski definition) is 6. The van der Waals surface area contributed by atoms with Crippen molar-refractivity contribution >= 4 is 27.2 Å². The van der Waals surface area contributed by atoms with Crippen molar-refractivity contribution in [3.8, 4) is 39.3 Å². The number of rotatable bonds is 2. The molecule has 0 atom stereocenters. The predicted octanol–water partition coefficient (Wildman–Crippen LogP) is 4.81. The van der Waals surface area contributed by atoms with Crippen LogP contribution in [0.3, 0.4) is 0 Å². The molecule has 2 aromatic carbocycles. The number of nitriles is 1. The molecule has 5 nitrogen and oxygen atoms in total. The average Bonchev–Trinajstić information content (AvgIpc) is 3.31. The van der Waals surface area contributed by atoms with E-state index in [1.807, 2.05) is 42.5 Å². The third-order valence-corrected chi connectivity index (χ3v) is 5.70. The molecule has 27 heavy (non-hydrogen) atoms. The Morgan fingerprint density at radius 3 is 2.56 bits per heavy atom. The first-order chi connectivity index (χ1) is 13.2. The van der Waals surface area contributed by atoms with Gasteiger partial charge < -0.3 is 15.2 Å². The molecule has 2 N–H and O–H groups in total. The van der Waals surface area contributed by atoms with Gasteiger partial charge >= 0.3 is 0 Å². The number of fused-ring (bicyclic) bond motifs is 2. The van der Waals surface area contributed by atoms with Crippen LogP contribution in [0, 0.1) is 11.3 Å². The van der Waals surface area contributed by atoms with Crippen molar-refractivity contribution in [3.05, 3.63) is 60.2 Å². The third-order valence-electron chi connectivity index (χ3n) is 4.54. The second-order valence-corrected chi connectivity index (χ2v) is 7.15. The van der Waals surface area contributed by atoms with Gasteiger partial charge in [-0.05, 0) is 48.0 Å². The minimum atomic E-state index is 0.251. The monoisotopic (exact) mass is 371 g/mol. The highest BCUT2D eigenvalue weighted by molar-refractivity contribution is 7.22. The summed E-state index contributed by atoms with van der Waals surface area (Å²) in [6.07, 6.45) is 0. The van der Waals surface area contributed by atoms with Crippen LogP contribution in [0.2, 0.25) is 0 Å². The summed E-state index contributed by atoms with van der Waals surface area (Å²) in [5, 5.41) is 9.90. The second-order valence-electron chi connectivity index (χ2n) is 6.15. The molecule has 6 heteroatoms. The molecule has 1 aliphatic rings. The zero-order chi connectivity index (χ0) is 18.4. The lowest BCUT2D eigenvalue weighted by atomic mass is 10.1. The Kier molecular flexibility index (Phi) is 3.49. The Morgan fingerprint density at radius 1 is 0.963 bits per heavy atom. The first-order valence-electron chi connectivity index (χ1n) is 8.32. The van der Waals surface area contributed by atoms with Crippen molar-refractivity contribution in [1.29, 1.82) is 5.26 Å². The molecular formula is C21H13N3O2S. The van der Waals surface area contributed by atoms with Crippen molar-refractivity contribution in [1.82, 2.24) is 4.98 Å². The van der Waals surface area contributed by atoms with E-state index in [1.165, 1.54) is 0 Å². The molecule has 0 spiro atoms. The van der Waals surface area contributed by atoms with Crippen LogP contribution in [0.4, 0.5) is 5.69 Å². The molecule has 3 heterocycles. The number of hydrogen-bond donors (Lipinski definition) is 1. The maximum absolute atomic E-state index is 8.97. The fraction of sp³-hybridized carbons (Fsp3) is 0.0476. The molecule has 0 saturated heterocycles. The van der Waals surface area contributed by atoms with E-state index in [-0.39, 0.29) is 6.79 Å². The summed E-state index contributed by atoms with van der Waals surface area (Å²) in [4.78, 5) is 6.64. The lowest BCUT2D eigenvalue weighted by Gasteiger charge is -2.03. The van der Waals surface area contributed by atoms with Gasteiger partial charge in [-0.1, -0.05) is 12.1 Å². The van der Waals surface area contributed by atoms with E-state index < -0.39 is 0 Å². The van der Waals surface area contributed by atoms with E-state index in [1.54, 1.807) is 23.5 Å². The van der Waals surface area contributed by atoms with E-state index >= 15 is 0 Å². The van der Waals surface area contributed by atoms with E-state index in [0.29, 0.717) is 11.3 Å². The van der Waals surface area contributed by atoms with Gasteiger partial charge in [0, 0.05) is 10.9 Å². The zero-order valence-corrected chi connectivity index (χ0v) is 14.9. The number of nitrogens with zero attached hydrogens (tertiary/aromatic N) is 2. The van der Waals surface area contributed by atoms with Crippen molar-refractivity contribution in [2.24, 2.45) is 0 Å². The number of pyridine rings is 1. The van der Waals surface area contributed by atoms with E-state index in [0.717, 1.165) is 43.4 Å². The number of anilines is 1. The van der Waals surface area contributed by atoms with Crippen LogP contribution in [0.1, 0.15) is 5.56 Å². The van der Waals surface area contributed by atoms with E-state index in [4.69, 9.17) is 25.5 Å². The van der Waals surface area contributed by atoms with Gasteiger partial charge in [0.1, 0.15) is 4.83 Å². The molecule has 0 fully saturated rings. The van der Waals surface area contributed by atoms with Gasteiger partial charge in [0.25, 0.3) is 0 Å². The molecule has 0 radical (unpaired) electrons. The Hall–Kier alpha value is -3.56. The molecule has 0 unspecified atom stereocenters. The van der Waals surface area contributed by atoms with Crippen molar-refractivity contribution in [2.75, 3.05) is 12.5 Å². The molecular weight excluding hydrogens is 358 g/mol. The highest BCUT2D eigenvalue weighted by Crippen LogP contribution is 2.41. The first-order valence-corrected chi connectivity index (χ1v) is 9.14. The van der Waals surface area contributed by atoms with Crippen LogP contribution >= 0.6 is 11.3 Å². The van der Waals surface area contributed by atoms with Gasteiger partial charge in [0.05, 0.1) is 27.9 Å². The summed E-state index contributed by atoms with van der Waals surface area (Å²) >= 11 is 1.55. The van der Waals surface area contributed by atoms with Gasteiger partial charge in [-0.2, -0.15) is 5.26 Å². The standard InChI is InChI=1S/C21H13N3O2S/c22-10-12-1-3-13(4-2-12)20-19(23)15-6-7-16(24-21(15)27-20)14-5-8-17-18(9-14)26-11-25-17/h1-9H,11,23H2. The topological polar surface area (TPSA) is 81.2 Å². The second kappa shape index (κ2) is 6.01. The van der Waals surface area contributed by atoms with Gasteiger partial charge in [0.2, 0.25) is 6.79 Å². The molecule has 0 bridgehead atoms. The minimum Gasteiger partial charge on any atom is -0.454 e. The Labute approximate surface area is 159 Å². The number of benzene rings is 2. The lowest BCUT2D eigenvalue weighted by molar-refractivity contribution is 0.174. The first kappa shape index (κ1) is 15.7. The van der Waals surface area contributed by atoms with Gasteiger partial charge in [0.15, 0.2) is 11.5 Å². The van der Waals surface area contributed by atoms with Crippen molar-refractivity contribution in [2.45, 2.75) is 0 Å². The number of ether oxygens (including phenoxy) is 2. The Morgan fingerprint density at radius 2 is 1.74 bits per heavy atom.